The summed E-state index contributed by atoms with van der Waals surface area (Å²) in [6, 6.07) is 7.97. The van der Waals surface area contributed by atoms with E-state index in [4.69, 9.17) is 21.1 Å². The number of nitro benzene ring substituents is 1. The maximum absolute atomic E-state index is 12.4. The summed E-state index contributed by atoms with van der Waals surface area (Å²) in [5.41, 5.74) is 0.0418. The molecule has 10 heteroatoms. The van der Waals surface area contributed by atoms with Crippen LogP contribution < -0.4 is 19.1 Å². The number of ether oxygens (including phenoxy) is 2. The number of carbonyl (C=O) groups is 1. The maximum Gasteiger partial charge on any atom is 0.336 e. The molecule has 2 aromatic rings. The molecule has 0 saturated heterocycles. The van der Waals surface area contributed by atoms with Crippen molar-refractivity contribution in [1.29, 1.82) is 0 Å². The summed E-state index contributed by atoms with van der Waals surface area (Å²) in [7, 11) is 2.85. The second kappa shape index (κ2) is 7.95. The highest BCUT2D eigenvalue weighted by molar-refractivity contribution is 7.82. The van der Waals surface area contributed by atoms with Crippen molar-refractivity contribution < 1.29 is 19.2 Å². The van der Waals surface area contributed by atoms with Crippen LogP contribution in [0.3, 0.4) is 0 Å². The van der Waals surface area contributed by atoms with E-state index in [9.17, 15) is 14.9 Å². The predicted octanol–water partition coefficient (Wildman–Crippen LogP) is 4.15. The SMILES string of the molecule is COc1cc(OC)c(N(S)C(=O)Nc2ccccc2[N+](=O)[O-])cc1Cl. The molecule has 0 aliphatic heterocycles. The summed E-state index contributed by atoms with van der Waals surface area (Å²) in [4.78, 5) is 22.8. The number of nitrogens with one attached hydrogen (secondary N) is 1. The molecule has 2 amide bonds. The van der Waals surface area contributed by atoms with Crippen molar-refractivity contribution in [2.24, 2.45) is 0 Å². The molecule has 2 rings (SSSR count). The van der Waals surface area contributed by atoms with Gasteiger partial charge in [0, 0.05) is 12.1 Å². The third-order valence-electron chi connectivity index (χ3n) is 3.22. The molecule has 132 valence electrons. The molecule has 0 aliphatic carbocycles. The van der Waals surface area contributed by atoms with Crippen LogP contribution in [0, 0.1) is 10.1 Å². The van der Waals surface area contributed by atoms with Crippen LogP contribution >= 0.6 is 24.4 Å². The highest BCUT2D eigenvalue weighted by Crippen LogP contribution is 2.39. The van der Waals surface area contributed by atoms with Gasteiger partial charge >= 0.3 is 6.03 Å². The van der Waals surface area contributed by atoms with Crippen LogP contribution in [0.25, 0.3) is 0 Å². The Morgan fingerprint density at radius 1 is 1.24 bits per heavy atom. The largest absolute Gasteiger partial charge is 0.495 e. The van der Waals surface area contributed by atoms with Gasteiger partial charge in [0.1, 0.15) is 22.9 Å². The number of nitro groups is 1. The number of halogens is 1. The molecule has 0 spiro atoms. The first-order valence-corrected chi connectivity index (χ1v) is 7.61. The zero-order valence-corrected chi connectivity index (χ0v) is 14.9. The molecular weight excluding hydrogens is 370 g/mol. The Labute approximate surface area is 154 Å². The van der Waals surface area contributed by atoms with Crippen molar-refractivity contribution in [3.05, 3.63) is 51.5 Å². The minimum Gasteiger partial charge on any atom is -0.495 e. The quantitative estimate of drug-likeness (QED) is 0.459. The maximum atomic E-state index is 12.4. The lowest BCUT2D eigenvalue weighted by molar-refractivity contribution is -0.383. The highest BCUT2D eigenvalue weighted by atomic mass is 35.5. The molecule has 25 heavy (non-hydrogen) atoms. The van der Waals surface area contributed by atoms with Crippen molar-refractivity contribution in [3.63, 3.8) is 0 Å². The molecule has 0 unspecified atom stereocenters. The summed E-state index contributed by atoms with van der Waals surface area (Å²) in [6.07, 6.45) is 0. The zero-order valence-electron chi connectivity index (χ0n) is 13.2. The van der Waals surface area contributed by atoms with E-state index < -0.39 is 11.0 Å². The highest BCUT2D eigenvalue weighted by Gasteiger charge is 2.22. The van der Waals surface area contributed by atoms with Crippen LogP contribution in [0.1, 0.15) is 0 Å². The van der Waals surface area contributed by atoms with Crippen molar-refractivity contribution >= 4 is 47.5 Å². The number of thiol groups is 1. The van der Waals surface area contributed by atoms with E-state index >= 15 is 0 Å². The molecular formula is C15H14ClN3O5S. The molecule has 1 N–H and O–H groups in total. The van der Waals surface area contributed by atoms with Gasteiger partial charge in [0.05, 0.1) is 24.2 Å². The molecule has 0 radical (unpaired) electrons. The fourth-order valence-electron chi connectivity index (χ4n) is 2.03. The lowest BCUT2D eigenvalue weighted by Gasteiger charge is -2.20. The van der Waals surface area contributed by atoms with Crippen LogP contribution in [0.4, 0.5) is 21.9 Å². The van der Waals surface area contributed by atoms with Gasteiger partial charge < -0.3 is 14.8 Å². The second-order valence-electron chi connectivity index (χ2n) is 4.67. The summed E-state index contributed by atoms with van der Waals surface area (Å²) in [5.74, 6) is 0.650. The summed E-state index contributed by atoms with van der Waals surface area (Å²) >= 11 is 10.2. The predicted molar refractivity (Wildman–Crippen MR) is 98.1 cm³/mol. The van der Waals surface area contributed by atoms with Crippen LogP contribution in [0.2, 0.25) is 5.02 Å². The summed E-state index contributed by atoms with van der Waals surface area (Å²) < 4.78 is 11.2. The first-order valence-electron chi connectivity index (χ1n) is 6.84. The molecule has 0 saturated carbocycles. The van der Waals surface area contributed by atoms with Crippen LogP contribution in [0.5, 0.6) is 11.5 Å². The van der Waals surface area contributed by atoms with Gasteiger partial charge in [0.2, 0.25) is 0 Å². The van der Waals surface area contributed by atoms with Gasteiger partial charge in [0.25, 0.3) is 5.69 Å². The van der Waals surface area contributed by atoms with E-state index in [0.717, 1.165) is 4.31 Å². The first-order chi connectivity index (χ1) is 11.9. The number of benzene rings is 2. The van der Waals surface area contributed by atoms with Gasteiger partial charge in [0.15, 0.2) is 0 Å². The van der Waals surface area contributed by atoms with E-state index in [0.29, 0.717) is 5.75 Å². The average molecular weight is 384 g/mol. The number of methoxy groups -OCH3 is 2. The first kappa shape index (κ1) is 18.7. The topological polar surface area (TPSA) is 93.9 Å². The minimum atomic E-state index is -0.725. The molecule has 8 nitrogen and oxygen atoms in total. The number of anilines is 2. The number of para-hydroxylation sites is 2. The van der Waals surface area contributed by atoms with Crippen molar-refractivity contribution in [2.45, 2.75) is 0 Å². The van der Waals surface area contributed by atoms with Crippen molar-refractivity contribution in [2.75, 3.05) is 23.8 Å². The number of amides is 2. The van der Waals surface area contributed by atoms with E-state index in [1.165, 1.54) is 44.6 Å². The normalized spacial score (nSPS) is 10.1. The minimum absolute atomic E-state index is 0.0372. The molecule has 0 fully saturated rings. The molecule has 2 aromatic carbocycles. The Kier molecular flexibility index (Phi) is 5.94. The zero-order chi connectivity index (χ0) is 18.6. The van der Waals surface area contributed by atoms with Crippen LogP contribution in [-0.4, -0.2) is 25.2 Å². The van der Waals surface area contributed by atoms with Crippen molar-refractivity contribution in [1.82, 2.24) is 0 Å². The van der Waals surface area contributed by atoms with Crippen molar-refractivity contribution in [3.8, 4) is 11.5 Å². The Morgan fingerprint density at radius 3 is 2.48 bits per heavy atom. The monoisotopic (exact) mass is 383 g/mol. The van der Waals surface area contributed by atoms with Gasteiger partial charge in [-0.15, -0.1) is 0 Å². The summed E-state index contributed by atoms with van der Waals surface area (Å²) in [5, 5.41) is 13.7. The number of carbonyl (C=O) groups excluding carboxylic acids is 1. The Balaban J connectivity index is 2.32. The number of urea groups is 1. The molecule has 0 bridgehead atoms. The van der Waals surface area contributed by atoms with E-state index in [2.05, 4.69) is 18.1 Å². The summed E-state index contributed by atoms with van der Waals surface area (Å²) in [6.45, 7) is 0. The van der Waals surface area contributed by atoms with Gasteiger partial charge in [-0.05, 0) is 12.1 Å². The third-order valence-corrected chi connectivity index (χ3v) is 3.91. The van der Waals surface area contributed by atoms with Gasteiger partial charge in [-0.1, -0.05) is 36.5 Å². The van der Waals surface area contributed by atoms with E-state index in [1.807, 2.05) is 0 Å². The molecule has 0 aliphatic rings. The number of hydrogen-bond acceptors (Lipinski definition) is 6. The fourth-order valence-corrected chi connectivity index (χ4v) is 2.47. The smallest absolute Gasteiger partial charge is 0.336 e. The number of rotatable bonds is 5. The molecule has 0 aromatic heterocycles. The average Bonchev–Trinajstić information content (AvgIpc) is 2.61. The van der Waals surface area contributed by atoms with E-state index in [-0.39, 0.29) is 27.8 Å². The lowest BCUT2D eigenvalue weighted by Crippen LogP contribution is -2.27. The molecule has 0 atom stereocenters. The number of hydrogen-bond donors (Lipinski definition) is 2. The number of nitrogens with zero attached hydrogens (tertiary/aromatic N) is 2. The third kappa shape index (κ3) is 4.06. The van der Waals surface area contributed by atoms with Crippen LogP contribution in [0.15, 0.2) is 36.4 Å². The lowest BCUT2D eigenvalue weighted by atomic mass is 10.2. The Morgan fingerprint density at radius 2 is 1.88 bits per heavy atom. The van der Waals surface area contributed by atoms with Crippen LogP contribution in [-0.2, 0) is 0 Å². The second-order valence-corrected chi connectivity index (χ2v) is 5.48. The Hall–Kier alpha value is -2.65. The molecule has 0 heterocycles. The van der Waals surface area contributed by atoms with Gasteiger partial charge in [-0.3, -0.25) is 10.1 Å². The Bertz CT molecular complexity index is 818. The van der Waals surface area contributed by atoms with Gasteiger partial charge in [-0.2, -0.15) is 0 Å². The van der Waals surface area contributed by atoms with Gasteiger partial charge in [-0.25, -0.2) is 9.10 Å². The fraction of sp³-hybridized carbons (Fsp3) is 0.133. The van der Waals surface area contributed by atoms with E-state index in [1.54, 1.807) is 6.07 Å². The standard InChI is InChI=1S/C15H14ClN3O5S/c1-23-13-8-14(24-2)12(7-9(13)16)18(25)15(20)17-10-5-3-4-6-11(10)19(21)22/h3-8,25H,1-2H3,(H,17,20).